The molecule has 0 saturated heterocycles. The lowest BCUT2D eigenvalue weighted by Crippen LogP contribution is -1.90. The van der Waals surface area contributed by atoms with Gasteiger partial charge in [0.1, 0.15) is 5.82 Å². The smallest absolute Gasteiger partial charge is 0.125 e. The van der Waals surface area contributed by atoms with E-state index in [4.69, 9.17) is 12.7 Å². The Labute approximate surface area is 648 Å². The van der Waals surface area contributed by atoms with Crippen LogP contribution in [0.1, 0.15) is 25.6 Å². The van der Waals surface area contributed by atoms with Gasteiger partial charge in [-0.3, -0.25) is 24.9 Å². The number of hydrogen-bond donors (Lipinski definition) is 0. The van der Waals surface area contributed by atoms with Crippen LogP contribution in [0, 0.1) is 27.7 Å². The molecular weight excluding hydrogens is 1360 g/mol. The number of fused-ring (bicyclic) bond motifs is 36. The molecule has 0 N–H and O–H groups in total. The molecule has 18 aromatic carbocycles. The van der Waals surface area contributed by atoms with Crippen LogP contribution >= 0.6 is 0 Å². The first-order chi connectivity index (χ1) is 56.1. The van der Waals surface area contributed by atoms with Crippen molar-refractivity contribution in [3.63, 3.8) is 0 Å². The number of benzene rings is 18. The molecule has 24 rings (SSSR count). The van der Waals surface area contributed by atoms with Gasteiger partial charge in [-0.15, -0.1) is 0 Å². The van der Waals surface area contributed by atoms with E-state index >= 15 is 0 Å². The van der Waals surface area contributed by atoms with Crippen molar-refractivity contribution in [2.75, 3.05) is 0 Å². The number of aromatic nitrogens is 8. The summed E-state index contributed by atoms with van der Waals surface area (Å²) in [7, 11) is 0. The van der Waals surface area contributed by atoms with Crippen LogP contribution in [0.25, 0.3) is 194 Å². The molecule has 0 aliphatic heterocycles. The van der Waals surface area contributed by atoms with E-state index in [1.54, 1.807) is 0 Å². The topological polar surface area (TPSA) is 103 Å². The molecule has 6 aromatic heterocycles. The van der Waals surface area contributed by atoms with Gasteiger partial charge in [0.2, 0.25) is 0 Å². The second kappa shape index (κ2) is 29.2. The summed E-state index contributed by atoms with van der Waals surface area (Å²) in [5, 5.41) is 39.1. The fraction of sp³-hybridized carbons (Fsp3) is 0.0385. The minimum absolute atomic E-state index is 0.542. The molecule has 0 unspecified atom stereocenters. The van der Waals surface area contributed by atoms with Crippen LogP contribution in [0.2, 0.25) is 0 Å². The third kappa shape index (κ3) is 12.3. The fourth-order valence-corrected chi connectivity index (χ4v) is 16.6. The molecule has 0 bridgehead atoms. The SMILES string of the molecule is Cc1cc2c3ccccc3c3ccccc3c2cn1.Cc1ccc2c3ccccc3c3ccccc3c2n1.Cc1cnc2c3ccccc3c3ccccc3c2n1.Cc1ncc2c3ccccc3c3ccccc3c2n1.[2H]c1ccc2c3ccncc3c3ccccc3c2c1.[2H]c1ccc2c3cnccc3c3ccccc3c2c1. The maximum absolute atomic E-state index is 7.85. The molecule has 0 radical (unpaired) electrons. The molecule has 528 valence electrons. The lowest BCUT2D eigenvalue weighted by atomic mass is 9.95. The van der Waals surface area contributed by atoms with Crippen molar-refractivity contribution >= 4 is 194 Å². The normalized spacial score (nSPS) is 11.6. The molecule has 0 fully saturated rings. The standard InChI is InChI=1S/2C18H13N.2C17H12N2.2C17H11N/c1-12-10-17-15-8-4-2-6-13(15)14-7-3-5-9-16(14)18(17)11-19-12;1-12-10-11-17-15-8-3-2-6-13(15)14-7-4-5-9-16(14)18(17)19-12;1-11-10-18-16-14-8-4-2-6-12(14)13-7-3-5-9-15(13)17(16)19-11;1-11-18-10-16-14-8-3-2-6-12(14)13-7-4-5-9-15(13)17(16)19-11;2*1-2-7-14-12(5-1)13-6-3-4-8-15(13)17-11-18-10-9-16(14)17/h2*2-11H,1H3;2*2-10H,1H3;2*1-11H/i;;;;3D;1D. The Hall–Kier alpha value is -14.6. The van der Waals surface area contributed by atoms with Crippen molar-refractivity contribution in [1.82, 2.24) is 39.9 Å². The van der Waals surface area contributed by atoms with Crippen molar-refractivity contribution in [1.29, 1.82) is 0 Å². The van der Waals surface area contributed by atoms with Gasteiger partial charge in [0.05, 0.1) is 30.5 Å². The third-order valence-electron chi connectivity index (χ3n) is 21.6. The molecule has 0 saturated carbocycles. The van der Waals surface area contributed by atoms with Crippen LogP contribution in [0.3, 0.4) is 0 Å². The highest BCUT2D eigenvalue weighted by Crippen LogP contribution is 2.41. The Balaban J connectivity index is 0.0000000917. The van der Waals surface area contributed by atoms with Crippen molar-refractivity contribution < 1.29 is 2.74 Å². The van der Waals surface area contributed by atoms with Crippen LogP contribution < -0.4 is 0 Å². The van der Waals surface area contributed by atoms with E-state index < -0.39 is 0 Å². The largest absolute Gasteiger partial charge is 0.264 e. The summed E-state index contributed by atoms with van der Waals surface area (Å²) < 4.78 is 15.7. The molecule has 0 aliphatic rings. The van der Waals surface area contributed by atoms with Crippen LogP contribution in [0.15, 0.2) is 365 Å². The quantitative estimate of drug-likeness (QED) is 0.138. The van der Waals surface area contributed by atoms with Crippen LogP contribution in [0.4, 0.5) is 0 Å². The van der Waals surface area contributed by atoms with Gasteiger partial charge in [-0.2, -0.15) is 0 Å². The zero-order valence-electron chi connectivity index (χ0n) is 64.1. The molecule has 8 nitrogen and oxygen atoms in total. The predicted octanol–water partition coefficient (Wildman–Crippen LogP) is 27.3. The maximum atomic E-state index is 7.85. The number of pyridine rings is 4. The Kier molecular flexibility index (Phi) is 17.1. The summed E-state index contributed by atoms with van der Waals surface area (Å²) in [5.41, 5.74) is 7.21. The Morgan fingerprint density at radius 3 is 0.866 bits per heavy atom. The van der Waals surface area contributed by atoms with E-state index in [-0.39, 0.29) is 0 Å². The number of nitrogens with zero attached hydrogens (tertiary/aromatic N) is 8. The van der Waals surface area contributed by atoms with E-state index in [1.807, 2.05) is 132 Å². The number of aryl methyl sites for hydroxylation is 4. The molecule has 0 aliphatic carbocycles. The minimum atomic E-state index is 0.542. The third-order valence-corrected chi connectivity index (χ3v) is 21.6. The summed E-state index contributed by atoms with van der Waals surface area (Å²) in [5.74, 6) is 0.813. The average Bonchev–Trinajstić information content (AvgIpc) is 0.784. The zero-order chi connectivity index (χ0) is 76.9. The fourth-order valence-electron chi connectivity index (χ4n) is 16.6. The molecule has 112 heavy (non-hydrogen) atoms. The van der Waals surface area contributed by atoms with E-state index in [1.165, 1.54) is 145 Å². The van der Waals surface area contributed by atoms with Gasteiger partial charge in [0.15, 0.2) is 0 Å². The summed E-state index contributed by atoms with van der Waals surface area (Å²) in [6.07, 6.45) is 13.3. The van der Waals surface area contributed by atoms with Crippen LogP contribution in [-0.2, 0) is 0 Å². The van der Waals surface area contributed by atoms with Gasteiger partial charge in [-0.05, 0) is 176 Å². The predicted molar refractivity (Wildman–Crippen MR) is 475 cm³/mol. The summed E-state index contributed by atoms with van der Waals surface area (Å²) in [6, 6.07) is 108. The zero-order valence-corrected chi connectivity index (χ0v) is 62.1. The van der Waals surface area contributed by atoms with Gasteiger partial charge in [0, 0.05) is 103 Å². The van der Waals surface area contributed by atoms with E-state index in [0.717, 1.165) is 71.9 Å². The second-order valence-corrected chi connectivity index (χ2v) is 28.3. The van der Waals surface area contributed by atoms with E-state index in [2.05, 4.69) is 279 Å². The summed E-state index contributed by atoms with van der Waals surface area (Å²) in [4.78, 5) is 36.0. The molecule has 0 atom stereocenters. The number of rotatable bonds is 0. The number of hydrogen-bond acceptors (Lipinski definition) is 8. The Morgan fingerprint density at radius 1 is 0.179 bits per heavy atom. The van der Waals surface area contributed by atoms with Crippen LogP contribution in [0.5, 0.6) is 0 Å². The first-order valence-electron chi connectivity index (χ1n) is 38.7. The molecule has 8 heteroatoms. The molecule has 6 heterocycles. The maximum Gasteiger partial charge on any atom is 0.125 e. The van der Waals surface area contributed by atoms with Crippen molar-refractivity contribution in [3.8, 4) is 0 Å². The first-order valence-corrected chi connectivity index (χ1v) is 37.7. The Bertz CT molecular complexity index is 6560. The molecule has 24 aromatic rings. The summed E-state index contributed by atoms with van der Waals surface area (Å²) >= 11 is 0. The lowest BCUT2D eigenvalue weighted by Gasteiger charge is -2.10. The van der Waals surface area contributed by atoms with Gasteiger partial charge in [0.25, 0.3) is 0 Å². The Morgan fingerprint density at radius 2 is 0.455 bits per heavy atom. The van der Waals surface area contributed by atoms with E-state index in [9.17, 15) is 0 Å². The van der Waals surface area contributed by atoms with Crippen molar-refractivity contribution in [2.45, 2.75) is 27.7 Å². The molecule has 0 amide bonds. The van der Waals surface area contributed by atoms with Crippen molar-refractivity contribution in [3.05, 3.63) is 388 Å². The highest BCUT2D eigenvalue weighted by molar-refractivity contribution is 6.30. The van der Waals surface area contributed by atoms with Gasteiger partial charge >= 0.3 is 0 Å². The molecule has 0 spiro atoms. The van der Waals surface area contributed by atoms with Gasteiger partial charge in [-0.1, -0.05) is 297 Å². The minimum Gasteiger partial charge on any atom is -0.264 e. The average molecular weight is 1440 g/mol. The highest BCUT2D eigenvalue weighted by atomic mass is 14.9. The molecular formula is C104H72N8. The van der Waals surface area contributed by atoms with Crippen molar-refractivity contribution in [2.24, 2.45) is 0 Å². The second-order valence-electron chi connectivity index (χ2n) is 28.3. The monoisotopic (exact) mass is 1430 g/mol. The van der Waals surface area contributed by atoms with Crippen LogP contribution in [-0.4, -0.2) is 39.9 Å². The van der Waals surface area contributed by atoms with Gasteiger partial charge < -0.3 is 0 Å². The van der Waals surface area contributed by atoms with E-state index in [0.29, 0.717) is 12.1 Å². The highest BCUT2D eigenvalue weighted by Gasteiger charge is 2.15. The van der Waals surface area contributed by atoms with Gasteiger partial charge in [-0.25, -0.2) is 15.0 Å². The lowest BCUT2D eigenvalue weighted by molar-refractivity contribution is 1.10. The summed E-state index contributed by atoms with van der Waals surface area (Å²) in [6.45, 7) is 8.01. The first kappa shape index (κ1) is 65.7.